The fourth-order valence-electron chi connectivity index (χ4n) is 2.84. The summed E-state index contributed by atoms with van der Waals surface area (Å²) in [6, 6.07) is 17.8. The van der Waals surface area contributed by atoms with Gasteiger partial charge < -0.3 is 14.6 Å². The Balaban J connectivity index is 1.62. The number of hydrogen-bond acceptors (Lipinski definition) is 5. The summed E-state index contributed by atoms with van der Waals surface area (Å²) in [5, 5.41) is 3.25. The van der Waals surface area contributed by atoms with Crippen molar-refractivity contribution in [2.75, 3.05) is 12.4 Å². The SMILES string of the molecule is COc1cc(Nc2nccc(-c3ccccc3)n2)ccc1-n1cnc(C)c1. The van der Waals surface area contributed by atoms with Crippen LogP contribution in [0.15, 0.2) is 73.3 Å². The summed E-state index contributed by atoms with van der Waals surface area (Å²) in [5.74, 6) is 1.27. The molecule has 6 nitrogen and oxygen atoms in total. The van der Waals surface area contributed by atoms with Crippen LogP contribution in [-0.4, -0.2) is 26.6 Å². The van der Waals surface area contributed by atoms with E-state index in [-0.39, 0.29) is 0 Å². The molecule has 0 bridgehead atoms. The summed E-state index contributed by atoms with van der Waals surface area (Å²) >= 11 is 0. The molecule has 4 aromatic rings. The maximum Gasteiger partial charge on any atom is 0.227 e. The highest BCUT2D eigenvalue weighted by Crippen LogP contribution is 2.28. The standard InChI is InChI=1S/C21H19N5O/c1-15-13-26(14-23-15)19-9-8-17(12-20(19)27-2)24-21-22-11-10-18(25-21)16-6-4-3-5-7-16/h3-14H,1-2H3,(H,22,24,25). The summed E-state index contributed by atoms with van der Waals surface area (Å²) in [6.07, 6.45) is 5.47. The Morgan fingerprint density at radius 2 is 1.85 bits per heavy atom. The Morgan fingerprint density at radius 3 is 2.59 bits per heavy atom. The quantitative estimate of drug-likeness (QED) is 0.574. The lowest BCUT2D eigenvalue weighted by Crippen LogP contribution is -2.00. The van der Waals surface area contributed by atoms with E-state index in [0.717, 1.165) is 34.1 Å². The van der Waals surface area contributed by atoms with Gasteiger partial charge in [-0.25, -0.2) is 15.0 Å². The number of methoxy groups -OCH3 is 1. The average molecular weight is 357 g/mol. The first-order valence-electron chi connectivity index (χ1n) is 8.57. The number of aryl methyl sites for hydroxylation is 1. The van der Waals surface area contributed by atoms with Crippen LogP contribution in [0.3, 0.4) is 0 Å². The number of benzene rings is 2. The Labute approximate surface area is 157 Å². The number of rotatable bonds is 5. The minimum Gasteiger partial charge on any atom is -0.494 e. The number of imidazole rings is 1. The first-order valence-corrected chi connectivity index (χ1v) is 8.57. The summed E-state index contributed by atoms with van der Waals surface area (Å²) in [6.45, 7) is 1.95. The van der Waals surface area contributed by atoms with E-state index in [9.17, 15) is 0 Å². The van der Waals surface area contributed by atoms with Gasteiger partial charge in [0.2, 0.25) is 5.95 Å². The fraction of sp³-hybridized carbons (Fsp3) is 0.0952. The second-order valence-corrected chi connectivity index (χ2v) is 6.07. The minimum absolute atomic E-state index is 0.532. The Hall–Kier alpha value is -3.67. The molecule has 134 valence electrons. The van der Waals surface area contributed by atoms with Gasteiger partial charge in [0, 0.05) is 29.7 Å². The molecule has 0 unspecified atom stereocenters. The lowest BCUT2D eigenvalue weighted by molar-refractivity contribution is 0.413. The van der Waals surface area contributed by atoms with Gasteiger partial charge in [0.1, 0.15) is 5.75 Å². The van der Waals surface area contributed by atoms with Crippen molar-refractivity contribution in [2.24, 2.45) is 0 Å². The molecule has 0 saturated carbocycles. The molecule has 0 amide bonds. The van der Waals surface area contributed by atoms with E-state index in [2.05, 4.69) is 20.3 Å². The van der Waals surface area contributed by atoms with Crippen LogP contribution in [0.1, 0.15) is 5.69 Å². The van der Waals surface area contributed by atoms with Crippen LogP contribution >= 0.6 is 0 Å². The number of hydrogen-bond donors (Lipinski definition) is 1. The molecule has 0 aliphatic heterocycles. The van der Waals surface area contributed by atoms with E-state index >= 15 is 0 Å². The molecular formula is C21H19N5O. The maximum absolute atomic E-state index is 5.55. The lowest BCUT2D eigenvalue weighted by atomic mass is 10.1. The third-order valence-corrected chi connectivity index (χ3v) is 4.15. The van der Waals surface area contributed by atoms with Crippen LogP contribution in [0.2, 0.25) is 0 Å². The molecule has 2 aromatic carbocycles. The van der Waals surface area contributed by atoms with E-state index in [4.69, 9.17) is 4.74 Å². The van der Waals surface area contributed by atoms with Gasteiger partial charge in [-0.1, -0.05) is 30.3 Å². The molecule has 6 heteroatoms. The van der Waals surface area contributed by atoms with E-state index in [1.54, 1.807) is 19.6 Å². The number of nitrogens with one attached hydrogen (secondary N) is 1. The van der Waals surface area contributed by atoms with Crippen molar-refractivity contribution in [3.05, 3.63) is 79.0 Å². The molecule has 0 atom stereocenters. The largest absolute Gasteiger partial charge is 0.494 e. The summed E-state index contributed by atoms with van der Waals surface area (Å²) in [7, 11) is 1.65. The lowest BCUT2D eigenvalue weighted by Gasteiger charge is -2.12. The molecule has 27 heavy (non-hydrogen) atoms. The summed E-state index contributed by atoms with van der Waals surface area (Å²) in [5.41, 5.74) is 4.63. The average Bonchev–Trinajstić information content (AvgIpc) is 3.15. The maximum atomic E-state index is 5.55. The Bertz CT molecular complexity index is 1060. The van der Waals surface area contributed by atoms with Crippen LogP contribution < -0.4 is 10.1 Å². The molecule has 0 fully saturated rings. The first kappa shape index (κ1) is 16.8. The molecular weight excluding hydrogens is 338 g/mol. The second kappa shape index (κ2) is 7.29. The van der Waals surface area contributed by atoms with Crippen molar-refractivity contribution in [2.45, 2.75) is 6.92 Å². The van der Waals surface area contributed by atoms with Crippen LogP contribution in [0.25, 0.3) is 16.9 Å². The van der Waals surface area contributed by atoms with Gasteiger partial charge in [-0.3, -0.25) is 0 Å². The first-order chi connectivity index (χ1) is 13.2. The highest BCUT2D eigenvalue weighted by Gasteiger charge is 2.09. The Kier molecular flexibility index (Phi) is 4.53. The van der Waals surface area contributed by atoms with Crippen molar-refractivity contribution in [1.29, 1.82) is 0 Å². The van der Waals surface area contributed by atoms with Crippen molar-refractivity contribution < 1.29 is 4.74 Å². The Morgan fingerprint density at radius 1 is 1.00 bits per heavy atom. The van der Waals surface area contributed by atoms with Gasteiger partial charge in [0.25, 0.3) is 0 Å². The zero-order valence-electron chi connectivity index (χ0n) is 15.1. The van der Waals surface area contributed by atoms with Crippen LogP contribution in [0.5, 0.6) is 5.75 Å². The highest BCUT2D eigenvalue weighted by atomic mass is 16.5. The van der Waals surface area contributed by atoms with Crippen LogP contribution in [0, 0.1) is 6.92 Å². The third kappa shape index (κ3) is 3.64. The van der Waals surface area contributed by atoms with E-state index in [1.807, 2.05) is 72.3 Å². The molecule has 2 aromatic heterocycles. The predicted octanol–water partition coefficient (Wildman–Crippen LogP) is 4.39. The monoisotopic (exact) mass is 357 g/mol. The summed E-state index contributed by atoms with van der Waals surface area (Å²) in [4.78, 5) is 13.2. The van der Waals surface area contributed by atoms with Crippen molar-refractivity contribution in [3.63, 3.8) is 0 Å². The number of anilines is 2. The molecule has 4 rings (SSSR count). The van der Waals surface area contributed by atoms with Crippen LogP contribution in [0.4, 0.5) is 11.6 Å². The minimum atomic E-state index is 0.532. The molecule has 0 saturated heterocycles. The second-order valence-electron chi connectivity index (χ2n) is 6.07. The molecule has 0 spiro atoms. The van der Waals surface area contributed by atoms with E-state index in [0.29, 0.717) is 5.95 Å². The highest BCUT2D eigenvalue weighted by molar-refractivity contribution is 5.64. The van der Waals surface area contributed by atoms with Gasteiger partial charge >= 0.3 is 0 Å². The molecule has 0 aliphatic rings. The van der Waals surface area contributed by atoms with Gasteiger partial charge in [-0.05, 0) is 25.1 Å². The molecule has 0 aliphatic carbocycles. The van der Waals surface area contributed by atoms with Gasteiger partial charge in [-0.15, -0.1) is 0 Å². The molecule has 2 heterocycles. The number of nitrogens with zero attached hydrogens (tertiary/aromatic N) is 4. The van der Waals surface area contributed by atoms with Gasteiger partial charge in [-0.2, -0.15) is 0 Å². The summed E-state index contributed by atoms with van der Waals surface area (Å²) < 4.78 is 7.49. The van der Waals surface area contributed by atoms with Crippen molar-refractivity contribution in [3.8, 4) is 22.7 Å². The zero-order valence-corrected chi connectivity index (χ0v) is 15.1. The van der Waals surface area contributed by atoms with Crippen molar-refractivity contribution >= 4 is 11.6 Å². The zero-order chi connectivity index (χ0) is 18.6. The number of aromatic nitrogens is 4. The van der Waals surface area contributed by atoms with Gasteiger partial charge in [0.15, 0.2) is 0 Å². The molecule has 0 radical (unpaired) electrons. The van der Waals surface area contributed by atoms with Gasteiger partial charge in [0.05, 0.1) is 30.5 Å². The van der Waals surface area contributed by atoms with Crippen LogP contribution in [-0.2, 0) is 0 Å². The topological polar surface area (TPSA) is 64.9 Å². The smallest absolute Gasteiger partial charge is 0.227 e. The van der Waals surface area contributed by atoms with E-state index < -0.39 is 0 Å². The fourth-order valence-corrected chi connectivity index (χ4v) is 2.84. The van der Waals surface area contributed by atoms with E-state index in [1.165, 1.54) is 0 Å². The number of ether oxygens (including phenoxy) is 1. The van der Waals surface area contributed by atoms with Crippen molar-refractivity contribution in [1.82, 2.24) is 19.5 Å². The predicted molar refractivity (Wildman–Crippen MR) is 106 cm³/mol. The normalized spacial score (nSPS) is 10.6. The molecule has 1 N–H and O–H groups in total. The third-order valence-electron chi connectivity index (χ3n) is 4.15.